The van der Waals surface area contributed by atoms with Gasteiger partial charge in [0, 0.05) is 5.92 Å². The molecular weight excluding hydrogens is 295 g/mol. The van der Waals surface area contributed by atoms with E-state index >= 15 is 0 Å². The molecular formula is C16H14Cl2O2. The zero-order chi connectivity index (χ0) is 14.3. The van der Waals surface area contributed by atoms with Gasteiger partial charge in [-0.15, -0.1) is 0 Å². The molecule has 1 aromatic carbocycles. The van der Waals surface area contributed by atoms with Crippen LogP contribution in [0.1, 0.15) is 24.0 Å². The highest BCUT2D eigenvalue weighted by Crippen LogP contribution is 2.47. The molecule has 0 fully saturated rings. The van der Waals surface area contributed by atoms with Crippen LogP contribution in [-0.4, -0.2) is 10.5 Å². The molecule has 0 heterocycles. The van der Waals surface area contributed by atoms with Crippen molar-refractivity contribution in [2.75, 3.05) is 0 Å². The molecule has 0 amide bonds. The van der Waals surface area contributed by atoms with Crippen molar-refractivity contribution in [3.05, 3.63) is 41.5 Å². The molecule has 2 aliphatic rings. The van der Waals surface area contributed by atoms with Crippen molar-refractivity contribution in [1.29, 1.82) is 0 Å². The van der Waals surface area contributed by atoms with Gasteiger partial charge in [0.25, 0.3) is 0 Å². The van der Waals surface area contributed by atoms with Crippen LogP contribution in [0, 0.1) is 17.8 Å². The molecule has 4 heteroatoms. The van der Waals surface area contributed by atoms with Crippen LogP contribution in [-0.2, 0) is 16.0 Å². The number of halogens is 2. The third-order valence-corrected chi connectivity index (χ3v) is 5.00. The quantitative estimate of drug-likeness (QED) is 0.779. The molecule has 2 aliphatic carbocycles. The van der Waals surface area contributed by atoms with E-state index in [1.165, 1.54) is 11.1 Å². The van der Waals surface area contributed by atoms with Crippen molar-refractivity contribution < 1.29 is 9.59 Å². The number of allylic oxidation sites excluding steroid dienone is 2. The number of hydrogen-bond acceptors (Lipinski definition) is 2. The second-order valence-electron chi connectivity index (χ2n) is 5.44. The van der Waals surface area contributed by atoms with Crippen molar-refractivity contribution in [2.24, 2.45) is 17.8 Å². The van der Waals surface area contributed by atoms with Crippen LogP contribution in [0.2, 0.25) is 0 Å². The predicted molar refractivity (Wildman–Crippen MR) is 79.5 cm³/mol. The van der Waals surface area contributed by atoms with Gasteiger partial charge >= 0.3 is 0 Å². The molecule has 1 aromatic rings. The fraction of sp³-hybridized carbons (Fsp3) is 0.375. The molecule has 2 nitrogen and oxygen atoms in total. The van der Waals surface area contributed by atoms with E-state index in [9.17, 15) is 9.59 Å². The minimum absolute atomic E-state index is 0.0105. The largest absolute Gasteiger partial charge is 0.281 e. The molecule has 104 valence electrons. The average molecular weight is 309 g/mol. The summed E-state index contributed by atoms with van der Waals surface area (Å²) in [6.45, 7) is 0. The molecule has 0 aliphatic heterocycles. The van der Waals surface area contributed by atoms with Crippen molar-refractivity contribution in [1.82, 2.24) is 0 Å². The summed E-state index contributed by atoms with van der Waals surface area (Å²) in [5, 5.41) is -0.905. The number of benzene rings is 1. The molecule has 3 atom stereocenters. The van der Waals surface area contributed by atoms with Crippen LogP contribution in [0.5, 0.6) is 0 Å². The molecule has 0 saturated heterocycles. The number of aryl methyl sites for hydroxylation is 1. The Bertz CT molecular complexity index is 606. The molecule has 0 N–H and O–H groups in total. The van der Waals surface area contributed by atoms with Gasteiger partial charge in [0.2, 0.25) is 10.5 Å². The highest BCUT2D eigenvalue weighted by atomic mass is 35.5. The van der Waals surface area contributed by atoms with E-state index in [2.05, 4.69) is 18.2 Å². The van der Waals surface area contributed by atoms with Crippen LogP contribution in [0.3, 0.4) is 0 Å². The van der Waals surface area contributed by atoms with Gasteiger partial charge in [-0.3, -0.25) is 9.59 Å². The molecule has 0 bridgehead atoms. The average Bonchev–Trinajstić information content (AvgIpc) is 2.45. The van der Waals surface area contributed by atoms with E-state index in [1.54, 1.807) is 0 Å². The van der Waals surface area contributed by atoms with Crippen molar-refractivity contribution in [3.63, 3.8) is 0 Å². The standard InChI is InChI=1S/C16H14Cl2O2/c17-15(19)13-8-7-11-10-4-2-1-3-9(10)5-6-12(11)14(13)16(18)20/h1-4,7,12-14H,5-6,8H2/t12-,13+,14-/m1/s1. The van der Waals surface area contributed by atoms with Gasteiger partial charge in [-0.25, -0.2) is 0 Å². The Labute approximate surface area is 127 Å². The molecule has 0 saturated carbocycles. The summed E-state index contributed by atoms with van der Waals surface area (Å²) in [4.78, 5) is 23.4. The molecule has 0 spiro atoms. The lowest BCUT2D eigenvalue weighted by Gasteiger charge is -2.38. The van der Waals surface area contributed by atoms with Crippen molar-refractivity contribution in [3.8, 4) is 0 Å². The highest BCUT2D eigenvalue weighted by molar-refractivity contribution is 6.66. The summed E-state index contributed by atoms with van der Waals surface area (Å²) in [5.41, 5.74) is 3.64. The van der Waals surface area contributed by atoms with Crippen molar-refractivity contribution in [2.45, 2.75) is 19.3 Å². The lowest BCUT2D eigenvalue weighted by atomic mass is 9.66. The first-order chi connectivity index (χ1) is 9.59. The number of rotatable bonds is 2. The second-order valence-corrected chi connectivity index (χ2v) is 6.18. The van der Waals surface area contributed by atoms with Gasteiger partial charge in [0.1, 0.15) is 0 Å². The van der Waals surface area contributed by atoms with Crippen LogP contribution in [0.15, 0.2) is 30.3 Å². The predicted octanol–water partition coefficient (Wildman–Crippen LogP) is 3.80. The molecule has 0 unspecified atom stereocenters. The molecule has 0 aromatic heterocycles. The maximum Gasteiger partial charge on any atom is 0.226 e. The monoisotopic (exact) mass is 308 g/mol. The van der Waals surface area contributed by atoms with E-state index < -0.39 is 22.3 Å². The Morgan fingerprint density at radius 3 is 2.55 bits per heavy atom. The van der Waals surface area contributed by atoms with E-state index in [1.807, 2.05) is 12.1 Å². The van der Waals surface area contributed by atoms with Crippen LogP contribution < -0.4 is 0 Å². The van der Waals surface area contributed by atoms with Crippen molar-refractivity contribution >= 4 is 39.3 Å². The van der Waals surface area contributed by atoms with Crippen LogP contribution in [0.4, 0.5) is 0 Å². The molecule has 3 rings (SSSR count). The summed E-state index contributed by atoms with van der Waals surface area (Å²) in [6, 6.07) is 8.21. The minimum atomic E-state index is -0.491. The maximum absolute atomic E-state index is 11.8. The lowest BCUT2D eigenvalue weighted by molar-refractivity contribution is -0.125. The van der Waals surface area contributed by atoms with E-state index in [4.69, 9.17) is 23.2 Å². The van der Waals surface area contributed by atoms with Gasteiger partial charge < -0.3 is 0 Å². The van der Waals surface area contributed by atoms with Gasteiger partial charge in [-0.05, 0) is 65.1 Å². The van der Waals surface area contributed by atoms with Crippen LogP contribution in [0.25, 0.3) is 5.57 Å². The zero-order valence-electron chi connectivity index (χ0n) is 10.8. The van der Waals surface area contributed by atoms with E-state index in [-0.39, 0.29) is 5.92 Å². The summed E-state index contributed by atoms with van der Waals surface area (Å²) in [5.74, 6) is -0.966. The summed E-state index contributed by atoms with van der Waals surface area (Å²) >= 11 is 11.4. The summed E-state index contributed by atoms with van der Waals surface area (Å²) in [6.07, 6.45) is 4.30. The second kappa shape index (κ2) is 5.34. The van der Waals surface area contributed by atoms with Gasteiger partial charge in [-0.1, -0.05) is 30.3 Å². The normalized spacial score (nSPS) is 28.1. The Morgan fingerprint density at radius 1 is 1.10 bits per heavy atom. The third kappa shape index (κ3) is 2.21. The Hall–Kier alpha value is -1.12. The first-order valence-corrected chi connectivity index (χ1v) is 7.52. The maximum atomic E-state index is 11.8. The minimum Gasteiger partial charge on any atom is -0.281 e. The van der Waals surface area contributed by atoms with E-state index in [0.29, 0.717) is 6.42 Å². The number of hydrogen-bond donors (Lipinski definition) is 0. The first kappa shape index (κ1) is 13.8. The SMILES string of the molecule is O=C(Cl)[C@H]1[C@@H](C(=O)Cl)CC=C2c3ccccc3CC[C@H]21. The number of carbonyl (C=O) groups is 2. The Kier molecular flexibility index (Phi) is 3.70. The summed E-state index contributed by atoms with van der Waals surface area (Å²) in [7, 11) is 0. The van der Waals surface area contributed by atoms with E-state index in [0.717, 1.165) is 18.4 Å². The third-order valence-electron chi connectivity index (χ3n) is 4.46. The van der Waals surface area contributed by atoms with Gasteiger partial charge in [0.15, 0.2) is 0 Å². The van der Waals surface area contributed by atoms with Gasteiger partial charge in [-0.2, -0.15) is 0 Å². The summed E-state index contributed by atoms with van der Waals surface area (Å²) < 4.78 is 0. The Balaban J connectivity index is 2.06. The fourth-order valence-electron chi connectivity index (χ4n) is 3.55. The smallest absolute Gasteiger partial charge is 0.226 e. The first-order valence-electron chi connectivity index (χ1n) is 6.76. The Morgan fingerprint density at radius 2 is 1.85 bits per heavy atom. The molecule has 20 heavy (non-hydrogen) atoms. The topological polar surface area (TPSA) is 34.1 Å². The number of fused-ring (bicyclic) bond motifs is 3. The lowest BCUT2D eigenvalue weighted by Crippen LogP contribution is -2.37. The zero-order valence-corrected chi connectivity index (χ0v) is 12.3. The highest BCUT2D eigenvalue weighted by Gasteiger charge is 2.43. The number of carbonyl (C=O) groups excluding carboxylic acids is 2. The van der Waals surface area contributed by atoms with Crippen LogP contribution >= 0.6 is 23.2 Å². The fourth-order valence-corrected chi connectivity index (χ4v) is 4.08. The van der Waals surface area contributed by atoms with Gasteiger partial charge in [0.05, 0.1) is 5.92 Å². The molecule has 0 radical (unpaired) electrons.